The number of hydrogen-bond donors (Lipinski definition) is 2. The number of nitrogens with zero attached hydrogens (tertiary/aromatic N) is 4. The highest BCUT2D eigenvalue weighted by Gasteiger charge is 2.05. The maximum Gasteiger partial charge on any atom is 0.206 e. The van der Waals surface area contributed by atoms with Crippen LogP contribution in [0.15, 0.2) is 29.7 Å². The summed E-state index contributed by atoms with van der Waals surface area (Å²) in [6.07, 6.45) is 5.16. The molecule has 0 aromatic carbocycles. The van der Waals surface area contributed by atoms with Crippen molar-refractivity contribution in [3.63, 3.8) is 0 Å². The van der Waals surface area contributed by atoms with Gasteiger partial charge in [0, 0.05) is 18.8 Å². The maximum atomic E-state index is 5.67. The fourth-order valence-corrected chi connectivity index (χ4v) is 1.45. The van der Waals surface area contributed by atoms with E-state index in [1.165, 1.54) is 4.68 Å². The minimum atomic E-state index is 0.427. The zero-order chi connectivity index (χ0) is 10.7. The first-order valence-electron chi connectivity index (χ1n) is 4.54. The van der Waals surface area contributed by atoms with Gasteiger partial charge in [0.25, 0.3) is 0 Å². The Morgan fingerprint density at radius 2 is 2.20 bits per heavy atom. The molecule has 15 heavy (non-hydrogen) atoms. The van der Waals surface area contributed by atoms with Gasteiger partial charge < -0.3 is 5.84 Å². The summed E-state index contributed by atoms with van der Waals surface area (Å²) in [5.41, 5.74) is 1.15. The molecule has 0 fully saturated rings. The van der Waals surface area contributed by atoms with E-state index >= 15 is 0 Å². The van der Waals surface area contributed by atoms with Crippen LogP contribution in [0.5, 0.6) is 0 Å². The third-order valence-corrected chi connectivity index (χ3v) is 2.41. The van der Waals surface area contributed by atoms with E-state index in [1.807, 2.05) is 18.3 Å². The van der Waals surface area contributed by atoms with E-state index in [2.05, 4.69) is 27.8 Å². The molecule has 0 aliphatic heterocycles. The Hall–Kier alpha value is -1.56. The zero-order valence-electron chi connectivity index (χ0n) is 8.04. The normalized spacial score (nSPS) is 10.5. The van der Waals surface area contributed by atoms with Crippen LogP contribution in [0.25, 0.3) is 0 Å². The van der Waals surface area contributed by atoms with Crippen LogP contribution in [0, 0.1) is 0 Å². The molecule has 0 unspecified atom stereocenters. The molecule has 0 aliphatic rings. The number of pyridine rings is 1. The second kappa shape index (κ2) is 4.31. The van der Waals surface area contributed by atoms with E-state index < -0.39 is 0 Å². The van der Waals surface area contributed by atoms with Gasteiger partial charge in [0.15, 0.2) is 5.82 Å². The number of nitrogens with two attached hydrogens (primary N) is 1. The Bertz CT molecular complexity index is 439. The van der Waals surface area contributed by atoms with Crippen LogP contribution >= 0.6 is 12.6 Å². The fourth-order valence-electron chi connectivity index (χ4n) is 1.29. The Balaban J connectivity index is 2.02. The number of rotatable bonds is 3. The van der Waals surface area contributed by atoms with Gasteiger partial charge >= 0.3 is 0 Å². The Morgan fingerprint density at radius 1 is 1.33 bits per heavy atom. The lowest BCUT2D eigenvalue weighted by molar-refractivity contribution is 0.768. The summed E-state index contributed by atoms with van der Waals surface area (Å²) in [7, 11) is 0. The highest BCUT2D eigenvalue weighted by molar-refractivity contribution is 7.80. The third kappa shape index (κ3) is 2.27. The molecule has 0 spiro atoms. The van der Waals surface area contributed by atoms with Crippen molar-refractivity contribution in [2.45, 2.75) is 18.0 Å². The molecule has 5 nitrogen and oxygen atoms in total. The lowest BCUT2D eigenvalue weighted by Gasteiger charge is -2.00. The predicted octanol–water partition coefficient (Wildman–Crippen LogP) is 0.461. The van der Waals surface area contributed by atoms with E-state index in [-0.39, 0.29) is 0 Å². The van der Waals surface area contributed by atoms with E-state index in [1.54, 1.807) is 6.20 Å². The molecular weight excluding hydrogens is 210 g/mol. The molecule has 0 radical (unpaired) electrons. The molecule has 2 aromatic rings. The zero-order valence-corrected chi connectivity index (χ0v) is 8.93. The molecule has 0 bridgehead atoms. The summed E-state index contributed by atoms with van der Waals surface area (Å²) in [6, 6.07) is 3.93. The van der Waals surface area contributed by atoms with Crippen molar-refractivity contribution in [1.29, 1.82) is 0 Å². The molecule has 2 aromatic heterocycles. The molecule has 0 amide bonds. The quantitative estimate of drug-likeness (QED) is 0.583. The van der Waals surface area contributed by atoms with Gasteiger partial charge in [0.2, 0.25) is 5.16 Å². The molecule has 6 heteroatoms. The van der Waals surface area contributed by atoms with Crippen molar-refractivity contribution in [2.24, 2.45) is 0 Å². The summed E-state index contributed by atoms with van der Waals surface area (Å²) in [5, 5.41) is 8.11. The van der Waals surface area contributed by atoms with Crippen molar-refractivity contribution in [3.8, 4) is 0 Å². The topological polar surface area (TPSA) is 69.6 Å². The van der Waals surface area contributed by atoms with Gasteiger partial charge in [-0.3, -0.25) is 4.98 Å². The molecule has 2 rings (SSSR count). The number of hydrogen-bond acceptors (Lipinski definition) is 5. The first kappa shape index (κ1) is 9.97. The maximum absolute atomic E-state index is 5.67. The van der Waals surface area contributed by atoms with Crippen molar-refractivity contribution >= 4 is 12.6 Å². The number of aromatic nitrogens is 4. The molecule has 0 saturated heterocycles. The van der Waals surface area contributed by atoms with Gasteiger partial charge in [-0.2, -0.15) is 0 Å². The first-order chi connectivity index (χ1) is 7.27. The van der Waals surface area contributed by atoms with Gasteiger partial charge in [-0.05, 0) is 18.1 Å². The predicted molar refractivity (Wildman–Crippen MR) is 59.1 cm³/mol. The Kier molecular flexibility index (Phi) is 2.86. The summed E-state index contributed by atoms with van der Waals surface area (Å²) >= 11 is 4.05. The van der Waals surface area contributed by atoms with Crippen molar-refractivity contribution < 1.29 is 0 Å². The Morgan fingerprint density at radius 3 is 2.80 bits per heavy atom. The van der Waals surface area contributed by atoms with Gasteiger partial charge in [0.1, 0.15) is 0 Å². The van der Waals surface area contributed by atoms with Crippen LogP contribution in [0.3, 0.4) is 0 Å². The minimum Gasteiger partial charge on any atom is -0.336 e. The molecule has 2 N–H and O–H groups in total. The standard InChI is InChI=1S/C9H11N5S/c10-14-8(12-13-9(14)15)4-3-7-2-1-5-11-6-7/h1-2,5-6H,3-4,10H2,(H,13,15). The van der Waals surface area contributed by atoms with E-state index in [9.17, 15) is 0 Å². The Labute approximate surface area is 92.7 Å². The summed E-state index contributed by atoms with van der Waals surface area (Å²) in [5.74, 6) is 6.39. The fraction of sp³-hybridized carbons (Fsp3) is 0.222. The van der Waals surface area contributed by atoms with Crippen molar-refractivity contribution in [3.05, 3.63) is 35.9 Å². The lowest BCUT2D eigenvalue weighted by atomic mass is 10.1. The number of thiol groups is 1. The average molecular weight is 221 g/mol. The molecule has 0 saturated carbocycles. The third-order valence-electron chi connectivity index (χ3n) is 2.11. The van der Waals surface area contributed by atoms with E-state index in [0.717, 1.165) is 24.2 Å². The second-order valence-electron chi connectivity index (χ2n) is 3.15. The van der Waals surface area contributed by atoms with Crippen LogP contribution in [0.2, 0.25) is 0 Å². The second-order valence-corrected chi connectivity index (χ2v) is 3.55. The van der Waals surface area contributed by atoms with Gasteiger partial charge in [-0.25, -0.2) is 4.68 Å². The number of nitrogen functional groups attached to an aromatic ring is 1. The van der Waals surface area contributed by atoms with Gasteiger partial charge in [-0.1, -0.05) is 6.07 Å². The summed E-state index contributed by atoms with van der Waals surface area (Å²) in [4.78, 5) is 4.04. The molecular formula is C9H11N5S. The van der Waals surface area contributed by atoms with Gasteiger partial charge in [-0.15, -0.1) is 22.8 Å². The van der Waals surface area contributed by atoms with Crippen LogP contribution in [0.4, 0.5) is 0 Å². The van der Waals surface area contributed by atoms with Crippen LogP contribution in [-0.4, -0.2) is 19.9 Å². The van der Waals surface area contributed by atoms with Crippen LogP contribution < -0.4 is 5.84 Å². The van der Waals surface area contributed by atoms with Crippen LogP contribution in [0.1, 0.15) is 11.4 Å². The highest BCUT2D eigenvalue weighted by Crippen LogP contribution is 2.05. The SMILES string of the molecule is Nn1c(S)nnc1CCc1cccnc1. The first-order valence-corrected chi connectivity index (χ1v) is 4.99. The molecule has 2 heterocycles. The number of aryl methyl sites for hydroxylation is 2. The van der Waals surface area contributed by atoms with Crippen LogP contribution in [-0.2, 0) is 12.8 Å². The van der Waals surface area contributed by atoms with Crippen molar-refractivity contribution in [2.75, 3.05) is 5.84 Å². The molecule has 0 atom stereocenters. The lowest BCUT2D eigenvalue weighted by Crippen LogP contribution is -2.13. The van der Waals surface area contributed by atoms with Gasteiger partial charge in [0.05, 0.1) is 0 Å². The smallest absolute Gasteiger partial charge is 0.206 e. The average Bonchev–Trinajstić information content (AvgIpc) is 2.59. The molecule has 0 aliphatic carbocycles. The molecule has 78 valence electrons. The summed E-state index contributed by atoms with van der Waals surface area (Å²) in [6.45, 7) is 0. The highest BCUT2D eigenvalue weighted by atomic mass is 32.1. The summed E-state index contributed by atoms with van der Waals surface area (Å²) < 4.78 is 1.39. The monoisotopic (exact) mass is 221 g/mol. The minimum absolute atomic E-state index is 0.427. The van der Waals surface area contributed by atoms with Crippen molar-refractivity contribution in [1.82, 2.24) is 19.9 Å². The van der Waals surface area contributed by atoms with E-state index in [0.29, 0.717) is 5.16 Å². The largest absolute Gasteiger partial charge is 0.336 e. The van der Waals surface area contributed by atoms with E-state index in [4.69, 9.17) is 5.84 Å².